The van der Waals surface area contributed by atoms with Crippen molar-refractivity contribution < 1.29 is 9.84 Å². The number of anilines is 1. The summed E-state index contributed by atoms with van der Waals surface area (Å²) >= 11 is 0. The first-order valence-electron chi connectivity index (χ1n) is 3.14. The van der Waals surface area contributed by atoms with Gasteiger partial charge >= 0.3 is 6.01 Å². The quantitative estimate of drug-likeness (QED) is 0.610. The Bertz CT molecular complexity index is 212. The van der Waals surface area contributed by atoms with Crippen molar-refractivity contribution in [1.29, 1.82) is 0 Å². The van der Waals surface area contributed by atoms with E-state index in [1.54, 1.807) is 0 Å². The molecule has 1 aromatic heterocycles. The van der Waals surface area contributed by atoms with Crippen molar-refractivity contribution in [3.8, 4) is 6.01 Å². The Balaban J connectivity index is 2.52. The molecule has 1 aromatic rings. The molecule has 0 aromatic carbocycles. The highest BCUT2D eigenvalue weighted by atomic mass is 16.5. The molecular weight excluding hydrogens is 146 g/mol. The summed E-state index contributed by atoms with van der Waals surface area (Å²) in [6.07, 6.45) is 2.89. The van der Waals surface area contributed by atoms with Gasteiger partial charge in [-0.05, 0) is 0 Å². The van der Waals surface area contributed by atoms with Crippen LogP contribution in [0.1, 0.15) is 0 Å². The van der Waals surface area contributed by atoms with Crippen LogP contribution in [0.15, 0.2) is 12.4 Å². The van der Waals surface area contributed by atoms with E-state index in [1.807, 2.05) is 0 Å². The minimum Gasteiger partial charge on any atom is -0.461 e. The largest absolute Gasteiger partial charge is 0.461 e. The van der Waals surface area contributed by atoms with Crippen LogP contribution in [0.5, 0.6) is 6.01 Å². The van der Waals surface area contributed by atoms with Crippen LogP contribution in [-0.4, -0.2) is 28.3 Å². The van der Waals surface area contributed by atoms with Gasteiger partial charge in [0.1, 0.15) is 6.61 Å². The molecule has 0 aliphatic heterocycles. The fraction of sp³-hybridized carbons (Fsp3) is 0.333. The minimum atomic E-state index is -0.0479. The third kappa shape index (κ3) is 2.38. The first-order valence-corrected chi connectivity index (χ1v) is 3.14. The van der Waals surface area contributed by atoms with Crippen molar-refractivity contribution in [2.24, 2.45) is 0 Å². The number of hydrogen-bond donors (Lipinski definition) is 2. The van der Waals surface area contributed by atoms with E-state index in [4.69, 9.17) is 15.6 Å². The molecule has 0 bridgehead atoms. The van der Waals surface area contributed by atoms with Crippen LogP contribution in [-0.2, 0) is 0 Å². The fourth-order valence-corrected chi connectivity index (χ4v) is 0.538. The molecule has 60 valence electrons. The van der Waals surface area contributed by atoms with E-state index in [0.29, 0.717) is 5.69 Å². The Hall–Kier alpha value is -1.36. The topological polar surface area (TPSA) is 81.3 Å². The van der Waals surface area contributed by atoms with Crippen molar-refractivity contribution in [1.82, 2.24) is 9.97 Å². The molecule has 0 saturated heterocycles. The summed E-state index contributed by atoms with van der Waals surface area (Å²) in [4.78, 5) is 7.49. The molecule has 11 heavy (non-hydrogen) atoms. The summed E-state index contributed by atoms with van der Waals surface area (Å²) < 4.78 is 4.88. The third-order valence-electron chi connectivity index (χ3n) is 0.971. The van der Waals surface area contributed by atoms with Crippen molar-refractivity contribution in [2.45, 2.75) is 0 Å². The maximum atomic E-state index is 8.38. The molecule has 0 spiro atoms. The van der Waals surface area contributed by atoms with Crippen LogP contribution in [0, 0.1) is 0 Å². The monoisotopic (exact) mass is 155 g/mol. The molecule has 0 atom stereocenters. The van der Waals surface area contributed by atoms with Gasteiger partial charge in [0, 0.05) is 0 Å². The van der Waals surface area contributed by atoms with Crippen LogP contribution in [0.2, 0.25) is 0 Å². The van der Waals surface area contributed by atoms with Crippen molar-refractivity contribution >= 4 is 5.69 Å². The van der Waals surface area contributed by atoms with Gasteiger partial charge in [-0.3, -0.25) is 0 Å². The lowest BCUT2D eigenvalue weighted by Crippen LogP contribution is -2.04. The molecule has 1 rings (SSSR count). The Labute approximate surface area is 63.8 Å². The molecular formula is C6H9N3O2. The van der Waals surface area contributed by atoms with Gasteiger partial charge in [-0.15, -0.1) is 0 Å². The van der Waals surface area contributed by atoms with E-state index >= 15 is 0 Å². The van der Waals surface area contributed by atoms with Crippen LogP contribution in [0.25, 0.3) is 0 Å². The maximum absolute atomic E-state index is 8.38. The summed E-state index contributed by atoms with van der Waals surface area (Å²) in [5, 5.41) is 8.38. The average molecular weight is 155 g/mol. The number of nitrogens with zero attached hydrogens (tertiary/aromatic N) is 2. The first-order chi connectivity index (χ1) is 5.33. The smallest absolute Gasteiger partial charge is 0.316 e. The Morgan fingerprint density at radius 2 is 2.09 bits per heavy atom. The Kier molecular flexibility index (Phi) is 2.62. The zero-order valence-electron chi connectivity index (χ0n) is 5.90. The number of rotatable bonds is 3. The van der Waals surface area contributed by atoms with Gasteiger partial charge in [-0.25, -0.2) is 9.97 Å². The molecule has 0 fully saturated rings. The number of hydrogen-bond acceptors (Lipinski definition) is 5. The van der Waals surface area contributed by atoms with Crippen molar-refractivity contribution in [3.05, 3.63) is 12.4 Å². The molecule has 1 heterocycles. The highest BCUT2D eigenvalue weighted by molar-refractivity contribution is 5.30. The lowest BCUT2D eigenvalue weighted by molar-refractivity contribution is 0.191. The molecule has 0 unspecified atom stereocenters. The van der Waals surface area contributed by atoms with Crippen LogP contribution in [0.4, 0.5) is 5.69 Å². The van der Waals surface area contributed by atoms with Gasteiger partial charge in [-0.2, -0.15) is 0 Å². The molecule has 5 heteroatoms. The molecule has 0 radical (unpaired) electrons. The predicted octanol–water partition coefficient (Wildman–Crippen LogP) is -0.570. The van der Waals surface area contributed by atoms with Crippen LogP contribution in [0.3, 0.4) is 0 Å². The maximum Gasteiger partial charge on any atom is 0.316 e. The summed E-state index contributed by atoms with van der Waals surface area (Å²) in [5.41, 5.74) is 5.81. The van der Waals surface area contributed by atoms with Gasteiger partial charge < -0.3 is 15.6 Å². The molecule has 0 amide bonds. The fourth-order valence-electron chi connectivity index (χ4n) is 0.538. The van der Waals surface area contributed by atoms with E-state index in [2.05, 4.69) is 9.97 Å². The highest BCUT2D eigenvalue weighted by Crippen LogP contribution is 2.02. The summed E-state index contributed by atoms with van der Waals surface area (Å²) in [5.74, 6) is 0. The summed E-state index contributed by atoms with van der Waals surface area (Å²) in [6, 6.07) is 0.230. The Morgan fingerprint density at radius 1 is 1.45 bits per heavy atom. The molecule has 0 aliphatic rings. The highest BCUT2D eigenvalue weighted by Gasteiger charge is 1.93. The minimum absolute atomic E-state index is 0.0479. The number of ether oxygens (including phenoxy) is 1. The normalized spacial score (nSPS) is 9.55. The third-order valence-corrected chi connectivity index (χ3v) is 0.971. The second-order valence-electron chi connectivity index (χ2n) is 1.87. The molecule has 0 saturated carbocycles. The van der Waals surface area contributed by atoms with E-state index < -0.39 is 0 Å². The average Bonchev–Trinajstić information content (AvgIpc) is 2.04. The number of aromatic nitrogens is 2. The summed E-state index contributed by atoms with van der Waals surface area (Å²) in [6.45, 7) is 0.150. The van der Waals surface area contributed by atoms with Crippen molar-refractivity contribution in [3.63, 3.8) is 0 Å². The molecule has 3 N–H and O–H groups in total. The standard InChI is InChI=1S/C6H9N3O2/c7-5-3-8-6(9-4-5)11-2-1-10/h3-4,10H,1-2,7H2. The number of aliphatic hydroxyl groups is 1. The first kappa shape index (κ1) is 7.74. The zero-order chi connectivity index (χ0) is 8.10. The van der Waals surface area contributed by atoms with Gasteiger partial charge in [0.25, 0.3) is 0 Å². The lowest BCUT2D eigenvalue weighted by atomic mass is 10.6. The number of nitrogen functional groups attached to an aromatic ring is 1. The SMILES string of the molecule is Nc1cnc(OCCO)nc1. The second kappa shape index (κ2) is 3.72. The predicted molar refractivity (Wildman–Crippen MR) is 39.0 cm³/mol. The van der Waals surface area contributed by atoms with E-state index in [9.17, 15) is 0 Å². The van der Waals surface area contributed by atoms with Gasteiger partial charge in [0.05, 0.1) is 24.7 Å². The lowest BCUT2D eigenvalue weighted by Gasteiger charge is -1.99. The van der Waals surface area contributed by atoms with Crippen molar-refractivity contribution in [2.75, 3.05) is 18.9 Å². The second-order valence-corrected chi connectivity index (χ2v) is 1.87. The Morgan fingerprint density at radius 3 is 2.64 bits per heavy atom. The van der Waals surface area contributed by atoms with Crippen LogP contribution < -0.4 is 10.5 Å². The number of aliphatic hydroxyl groups excluding tert-OH is 1. The zero-order valence-corrected chi connectivity index (χ0v) is 5.90. The molecule has 5 nitrogen and oxygen atoms in total. The number of nitrogens with two attached hydrogens (primary N) is 1. The summed E-state index contributed by atoms with van der Waals surface area (Å²) in [7, 11) is 0. The van der Waals surface area contributed by atoms with Gasteiger partial charge in [0.15, 0.2) is 0 Å². The van der Waals surface area contributed by atoms with E-state index in [0.717, 1.165) is 0 Å². The van der Waals surface area contributed by atoms with E-state index in [-0.39, 0.29) is 19.2 Å². The van der Waals surface area contributed by atoms with E-state index in [1.165, 1.54) is 12.4 Å². The van der Waals surface area contributed by atoms with Gasteiger partial charge in [-0.1, -0.05) is 0 Å². The van der Waals surface area contributed by atoms with Crippen LogP contribution >= 0.6 is 0 Å². The molecule has 0 aliphatic carbocycles. The van der Waals surface area contributed by atoms with Gasteiger partial charge in [0.2, 0.25) is 0 Å².